The first-order chi connectivity index (χ1) is 16.8. The summed E-state index contributed by atoms with van der Waals surface area (Å²) in [5.41, 5.74) is 2.28. The lowest BCUT2D eigenvalue weighted by atomic mass is 10.2. The minimum atomic E-state index is -0.523. The summed E-state index contributed by atoms with van der Waals surface area (Å²) in [6.45, 7) is 6.46. The number of aryl methyl sites for hydroxylation is 2. The molecule has 3 rings (SSSR count). The normalized spacial score (nSPS) is 11.1. The lowest BCUT2D eigenvalue weighted by Crippen LogP contribution is -2.35. The third-order valence-electron chi connectivity index (χ3n) is 4.89. The summed E-state index contributed by atoms with van der Waals surface area (Å²) in [6, 6.07) is 14.4. The Morgan fingerprint density at radius 2 is 1.69 bits per heavy atom. The number of aromatic nitrogens is 2. The molecule has 3 aromatic rings. The van der Waals surface area contributed by atoms with Crippen LogP contribution in [0.3, 0.4) is 0 Å². The van der Waals surface area contributed by atoms with Crippen LogP contribution in [-0.2, 0) is 0 Å². The summed E-state index contributed by atoms with van der Waals surface area (Å²) in [5, 5.41) is 16.7. The Hall–Kier alpha value is -4.34. The number of rotatable bonds is 9. The Balaban J connectivity index is 1.79. The zero-order chi connectivity index (χ0) is 25.2. The lowest BCUT2D eigenvalue weighted by molar-refractivity contribution is -0.384. The van der Waals surface area contributed by atoms with E-state index in [2.05, 4.69) is 32.5 Å². The number of aliphatic imine (C=N–C) groups is 1. The topological polar surface area (TPSA) is 132 Å². The Bertz CT molecular complexity index is 1170. The number of benzene rings is 2. The van der Waals surface area contributed by atoms with Gasteiger partial charge in [0.25, 0.3) is 17.5 Å². The highest BCUT2D eigenvalue weighted by atomic mass is 16.6. The van der Waals surface area contributed by atoms with Crippen LogP contribution in [0.25, 0.3) is 0 Å². The fourth-order valence-corrected chi connectivity index (χ4v) is 3.17. The van der Waals surface area contributed by atoms with Crippen LogP contribution in [0.5, 0.6) is 5.75 Å². The second kappa shape index (κ2) is 12.2. The van der Waals surface area contributed by atoms with E-state index < -0.39 is 10.8 Å². The molecule has 0 saturated heterocycles. The van der Waals surface area contributed by atoms with E-state index in [0.717, 1.165) is 36.4 Å². The van der Waals surface area contributed by atoms with Gasteiger partial charge in [-0.15, -0.1) is 0 Å². The number of nitro benzene ring substituents is 1. The molecule has 0 aliphatic carbocycles. The number of unbranched alkanes of at least 4 members (excludes halogenated alkanes) is 2. The van der Waals surface area contributed by atoms with E-state index in [1.165, 1.54) is 24.3 Å². The van der Waals surface area contributed by atoms with Gasteiger partial charge in [-0.1, -0.05) is 19.8 Å². The highest BCUT2D eigenvalue weighted by Crippen LogP contribution is 2.17. The van der Waals surface area contributed by atoms with Crippen molar-refractivity contribution in [3.63, 3.8) is 0 Å². The third kappa shape index (κ3) is 7.88. The molecule has 0 aliphatic rings. The lowest BCUT2D eigenvalue weighted by Gasteiger charge is -2.12. The van der Waals surface area contributed by atoms with Crippen molar-refractivity contribution in [3.05, 3.63) is 81.7 Å². The molecular weight excluding hydrogens is 448 g/mol. The molecule has 0 saturated carbocycles. The number of guanidine groups is 1. The van der Waals surface area contributed by atoms with Crippen molar-refractivity contribution in [3.8, 4) is 5.75 Å². The van der Waals surface area contributed by atoms with Gasteiger partial charge in [0.2, 0.25) is 5.96 Å². The van der Waals surface area contributed by atoms with Crippen LogP contribution in [0.2, 0.25) is 0 Å². The predicted octanol–water partition coefficient (Wildman–Crippen LogP) is 5.10. The molecule has 0 fully saturated rings. The molecule has 0 spiro atoms. The fraction of sp³-hybridized carbons (Fsp3) is 0.280. The number of hydrogen-bond acceptors (Lipinski definition) is 7. The monoisotopic (exact) mass is 476 g/mol. The summed E-state index contributed by atoms with van der Waals surface area (Å²) < 4.78 is 5.74. The second-order valence-electron chi connectivity index (χ2n) is 7.87. The molecule has 0 radical (unpaired) electrons. The molecule has 1 amide bonds. The molecule has 0 bridgehead atoms. The zero-order valence-corrected chi connectivity index (χ0v) is 19.9. The number of hydrogen-bond donors (Lipinski definition) is 2. The Kier molecular flexibility index (Phi) is 8.82. The number of ether oxygens (including phenoxy) is 1. The maximum Gasteiger partial charge on any atom is 0.269 e. The van der Waals surface area contributed by atoms with Gasteiger partial charge in [0.05, 0.1) is 11.5 Å². The average Bonchev–Trinajstić information content (AvgIpc) is 2.82. The maximum atomic E-state index is 12.8. The van der Waals surface area contributed by atoms with Gasteiger partial charge in [0.15, 0.2) is 0 Å². The standard InChI is InChI=1S/C25H28N6O4/c1-4-5-6-15-35-22-13-9-20(10-14-22)28-25(30-24-26-17(2)16-18(3)27-24)29-23(32)19-7-11-21(12-8-19)31(33)34/h7-14,16H,4-6,15H2,1-3H3,(H2,26,27,28,29,30,32). The number of anilines is 1. The van der Waals surface area contributed by atoms with E-state index in [4.69, 9.17) is 4.74 Å². The van der Waals surface area contributed by atoms with Crippen molar-refractivity contribution in [1.82, 2.24) is 15.3 Å². The van der Waals surface area contributed by atoms with Crippen molar-refractivity contribution in [2.24, 2.45) is 4.99 Å². The largest absolute Gasteiger partial charge is 0.494 e. The number of carbonyl (C=O) groups excluding carboxylic acids is 1. The average molecular weight is 477 g/mol. The van der Waals surface area contributed by atoms with Crippen LogP contribution in [0.4, 0.5) is 17.3 Å². The Morgan fingerprint density at radius 1 is 1.03 bits per heavy atom. The molecule has 10 heteroatoms. The summed E-state index contributed by atoms with van der Waals surface area (Å²) in [6.07, 6.45) is 3.25. The first kappa shape index (κ1) is 25.3. The Labute approximate surface area is 203 Å². The quantitative estimate of drug-likeness (QED) is 0.144. The van der Waals surface area contributed by atoms with E-state index in [1.807, 2.05) is 44.2 Å². The first-order valence-corrected chi connectivity index (χ1v) is 11.3. The smallest absolute Gasteiger partial charge is 0.269 e. The van der Waals surface area contributed by atoms with Crippen molar-refractivity contribution >= 4 is 29.2 Å². The molecule has 182 valence electrons. The number of non-ortho nitro benzene ring substituents is 1. The summed E-state index contributed by atoms with van der Waals surface area (Å²) in [7, 11) is 0. The number of nitro groups is 1. The van der Waals surface area contributed by atoms with Crippen LogP contribution >= 0.6 is 0 Å². The van der Waals surface area contributed by atoms with Crippen LogP contribution in [0.15, 0.2) is 59.6 Å². The molecule has 0 unspecified atom stereocenters. The number of nitrogens with one attached hydrogen (secondary N) is 2. The van der Waals surface area contributed by atoms with Gasteiger partial charge in [-0.3, -0.25) is 20.2 Å². The number of nitrogens with zero attached hydrogens (tertiary/aromatic N) is 4. The molecule has 1 aromatic heterocycles. The maximum absolute atomic E-state index is 12.8. The van der Waals surface area contributed by atoms with Crippen LogP contribution in [0.1, 0.15) is 47.9 Å². The van der Waals surface area contributed by atoms with E-state index in [-0.39, 0.29) is 23.2 Å². The van der Waals surface area contributed by atoms with Gasteiger partial charge >= 0.3 is 0 Å². The molecule has 0 aliphatic heterocycles. The van der Waals surface area contributed by atoms with Crippen molar-refractivity contribution < 1.29 is 14.5 Å². The predicted molar refractivity (Wildman–Crippen MR) is 134 cm³/mol. The number of amides is 1. The minimum Gasteiger partial charge on any atom is -0.494 e. The molecule has 2 N–H and O–H groups in total. The van der Waals surface area contributed by atoms with Crippen LogP contribution in [0, 0.1) is 24.0 Å². The van der Waals surface area contributed by atoms with Crippen molar-refractivity contribution in [1.29, 1.82) is 0 Å². The fourth-order valence-electron chi connectivity index (χ4n) is 3.17. The van der Waals surface area contributed by atoms with E-state index in [1.54, 1.807) is 0 Å². The van der Waals surface area contributed by atoms with Gasteiger partial charge in [0.1, 0.15) is 5.75 Å². The highest BCUT2D eigenvalue weighted by Gasteiger charge is 2.13. The summed E-state index contributed by atoms with van der Waals surface area (Å²) >= 11 is 0. The third-order valence-corrected chi connectivity index (χ3v) is 4.89. The SMILES string of the molecule is CCCCCOc1ccc(N/C(=N\c2nc(C)cc(C)n2)NC(=O)c2ccc([N+](=O)[O-])cc2)cc1. The van der Waals surface area contributed by atoms with Crippen LogP contribution < -0.4 is 15.4 Å². The Morgan fingerprint density at radius 3 is 2.29 bits per heavy atom. The zero-order valence-electron chi connectivity index (χ0n) is 19.9. The number of carbonyl (C=O) groups is 1. The van der Waals surface area contributed by atoms with E-state index in [0.29, 0.717) is 12.3 Å². The van der Waals surface area contributed by atoms with Gasteiger partial charge < -0.3 is 10.1 Å². The molecule has 2 aromatic carbocycles. The van der Waals surface area contributed by atoms with Gasteiger partial charge in [-0.25, -0.2) is 9.97 Å². The van der Waals surface area contributed by atoms with Crippen molar-refractivity contribution in [2.75, 3.05) is 11.9 Å². The first-order valence-electron chi connectivity index (χ1n) is 11.3. The second-order valence-corrected chi connectivity index (χ2v) is 7.87. The van der Waals surface area contributed by atoms with Gasteiger partial charge in [0, 0.05) is 34.8 Å². The highest BCUT2D eigenvalue weighted by molar-refractivity contribution is 6.10. The molecule has 35 heavy (non-hydrogen) atoms. The molecular formula is C25H28N6O4. The molecule has 0 atom stereocenters. The van der Waals surface area contributed by atoms with Crippen molar-refractivity contribution in [2.45, 2.75) is 40.0 Å². The minimum absolute atomic E-state index is 0.103. The van der Waals surface area contributed by atoms with Gasteiger partial charge in [-0.2, -0.15) is 4.99 Å². The van der Waals surface area contributed by atoms with E-state index in [9.17, 15) is 14.9 Å². The molecule has 1 heterocycles. The summed E-state index contributed by atoms with van der Waals surface area (Å²) in [5.74, 6) is 0.545. The van der Waals surface area contributed by atoms with Gasteiger partial charge in [-0.05, 0) is 62.7 Å². The summed E-state index contributed by atoms with van der Waals surface area (Å²) in [4.78, 5) is 36.2. The molecule has 10 nitrogen and oxygen atoms in total. The van der Waals surface area contributed by atoms with Crippen LogP contribution in [-0.4, -0.2) is 33.4 Å². The van der Waals surface area contributed by atoms with E-state index >= 15 is 0 Å².